The Morgan fingerprint density at radius 2 is 1.81 bits per heavy atom. The van der Waals surface area contributed by atoms with Crippen LogP contribution < -0.4 is 11.1 Å². The van der Waals surface area contributed by atoms with Gasteiger partial charge in [0.1, 0.15) is 25.3 Å². The number of rotatable bonds is 6. The van der Waals surface area contributed by atoms with E-state index in [9.17, 15) is 22.8 Å². The summed E-state index contributed by atoms with van der Waals surface area (Å²) < 4.78 is 40.8. The maximum atomic E-state index is 11.8. The Kier molecular flexibility index (Phi) is 9.70. The number of benzene rings is 1. The van der Waals surface area contributed by atoms with E-state index in [1.165, 1.54) is 0 Å². The van der Waals surface area contributed by atoms with Crippen LogP contribution in [0.2, 0.25) is 0 Å². The molecule has 1 fully saturated rings. The van der Waals surface area contributed by atoms with E-state index in [0.717, 1.165) is 0 Å². The summed E-state index contributed by atoms with van der Waals surface area (Å²) in [4.78, 5) is 34.2. The fourth-order valence-corrected chi connectivity index (χ4v) is 3.05. The van der Waals surface area contributed by atoms with Gasteiger partial charge in [-0.1, -0.05) is 30.3 Å². The van der Waals surface area contributed by atoms with E-state index in [4.69, 9.17) is 15.0 Å². The van der Waals surface area contributed by atoms with Crippen molar-refractivity contribution in [1.82, 2.24) is 9.62 Å². The first kappa shape index (κ1) is 25.1. The second-order valence-corrected chi connectivity index (χ2v) is 6.28. The number of amides is 3. The predicted octanol–water partition coefficient (Wildman–Crippen LogP) is -2.08. The van der Waals surface area contributed by atoms with Crippen LogP contribution in [0.4, 0.5) is 9.59 Å². The number of nitrogens with one attached hydrogen (secondary N) is 1. The van der Waals surface area contributed by atoms with E-state index in [2.05, 4.69) is 10.1 Å². The number of ether oxygens (including phenoxy) is 2. The molecule has 1 saturated heterocycles. The number of β-lactam (4-membered cyclic amide) rings is 1. The van der Waals surface area contributed by atoms with Crippen LogP contribution in [0.1, 0.15) is 5.56 Å². The van der Waals surface area contributed by atoms with Crippen molar-refractivity contribution >= 4 is 58.0 Å². The zero-order valence-corrected chi connectivity index (χ0v) is 14.0. The Morgan fingerprint density at radius 3 is 2.33 bits per heavy atom. The molecule has 2 unspecified atom stereocenters. The molecule has 0 radical (unpaired) electrons. The summed E-state index contributed by atoms with van der Waals surface area (Å²) in [5.74, 6) is -1.10. The van der Waals surface area contributed by atoms with Gasteiger partial charge in [0.15, 0.2) is 0 Å². The summed E-state index contributed by atoms with van der Waals surface area (Å²) in [7, 11) is -4.88. The van der Waals surface area contributed by atoms with Gasteiger partial charge in [-0.2, -0.15) is 8.42 Å². The zero-order valence-electron chi connectivity index (χ0n) is 13.2. The Morgan fingerprint density at radius 1 is 1.22 bits per heavy atom. The van der Waals surface area contributed by atoms with Gasteiger partial charge in [-0.15, -0.1) is 0 Å². The molecule has 0 saturated carbocycles. The maximum absolute atomic E-state index is 11.8. The number of carbonyl (C=O) groups excluding carboxylic acids is 3. The third kappa shape index (κ3) is 6.64. The van der Waals surface area contributed by atoms with E-state index in [-0.39, 0.29) is 45.9 Å². The van der Waals surface area contributed by atoms with Gasteiger partial charge in [0.05, 0.1) is 0 Å². The first-order chi connectivity index (χ1) is 11.7. The van der Waals surface area contributed by atoms with Gasteiger partial charge in [0.25, 0.3) is 5.91 Å². The van der Waals surface area contributed by atoms with Gasteiger partial charge in [-0.05, 0) is 5.56 Å². The third-order valence-corrected chi connectivity index (χ3v) is 4.25. The summed E-state index contributed by atoms with van der Waals surface area (Å²) >= 11 is 0. The number of nitrogens with two attached hydrogens (primary N) is 1. The Labute approximate surface area is 176 Å². The SMILES string of the molecule is NC(=O)OCC1C(NC(=O)OCc2ccccc2)C(=O)N1S(=O)(=O)O.O.[NaH]. The topological polar surface area (TPSA) is 197 Å². The van der Waals surface area contributed by atoms with Crippen molar-refractivity contribution in [3.05, 3.63) is 35.9 Å². The minimum atomic E-state index is -4.88. The molecule has 27 heavy (non-hydrogen) atoms. The monoisotopic (exact) mass is 415 g/mol. The van der Waals surface area contributed by atoms with Gasteiger partial charge < -0.3 is 26.0 Å². The van der Waals surface area contributed by atoms with Crippen molar-refractivity contribution < 1.29 is 42.3 Å². The summed E-state index contributed by atoms with van der Waals surface area (Å²) in [5, 5.41) is 2.15. The molecule has 6 N–H and O–H groups in total. The molecule has 2 atom stereocenters. The predicted molar refractivity (Wildman–Crippen MR) is 92.0 cm³/mol. The van der Waals surface area contributed by atoms with Crippen LogP contribution in [0.3, 0.4) is 0 Å². The minimum absolute atomic E-state index is 0. The van der Waals surface area contributed by atoms with Gasteiger partial charge >= 0.3 is 52.0 Å². The Balaban J connectivity index is 0.00000338. The molecule has 14 heteroatoms. The summed E-state index contributed by atoms with van der Waals surface area (Å²) in [6, 6.07) is 6.00. The molecule has 0 aliphatic carbocycles. The zero-order chi connectivity index (χ0) is 18.6. The van der Waals surface area contributed by atoms with Gasteiger partial charge in [0, 0.05) is 0 Å². The van der Waals surface area contributed by atoms with Gasteiger partial charge in [0.2, 0.25) is 0 Å². The molecule has 0 aromatic heterocycles. The molecule has 146 valence electrons. The van der Waals surface area contributed by atoms with Crippen molar-refractivity contribution in [2.75, 3.05) is 6.61 Å². The summed E-state index contributed by atoms with van der Waals surface area (Å²) in [6.45, 7) is -0.706. The van der Waals surface area contributed by atoms with E-state index >= 15 is 0 Å². The van der Waals surface area contributed by atoms with Crippen LogP contribution in [-0.4, -0.2) is 89.1 Å². The quantitative estimate of drug-likeness (QED) is 0.267. The van der Waals surface area contributed by atoms with Crippen LogP contribution in [0.25, 0.3) is 0 Å². The standard InChI is InChI=1S/C13H15N3O8S.Na.H2O.H/c14-12(18)23-7-9-10(11(17)16(9)25(20,21)22)15-13(19)24-6-8-4-2-1-3-5-8;;;/h1-5,9-10H,6-7H2,(H2,14,18)(H,15,19)(H,20,21,22);;1H2;. The van der Waals surface area contributed by atoms with Crippen LogP contribution in [0.5, 0.6) is 0 Å². The molecule has 1 aliphatic rings. The molecule has 3 amide bonds. The molecule has 2 rings (SSSR count). The van der Waals surface area contributed by atoms with Crippen molar-refractivity contribution in [2.24, 2.45) is 5.73 Å². The molecule has 1 heterocycles. The number of carbonyl (C=O) groups is 3. The second-order valence-electron chi connectivity index (χ2n) is 4.99. The van der Waals surface area contributed by atoms with Crippen LogP contribution in [-0.2, 0) is 31.2 Å². The van der Waals surface area contributed by atoms with E-state index in [1.807, 2.05) is 0 Å². The fraction of sp³-hybridized carbons (Fsp3) is 0.308. The van der Waals surface area contributed by atoms with Gasteiger partial charge in [-0.25, -0.2) is 13.9 Å². The van der Waals surface area contributed by atoms with Crippen LogP contribution in [0.15, 0.2) is 30.3 Å². The number of primary amides is 1. The number of hydrogen-bond donors (Lipinski definition) is 3. The summed E-state index contributed by atoms with van der Waals surface area (Å²) in [6.07, 6.45) is -2.19. The third-order valence-electron chi connectivity index (χ3n) is 3.30. The van der Waals surface area contributed by atoms with E-state index in [0.29, 0.717) is 5.56 Å². The fourth-order valence-electron chi connectivity index (χ4n) is 2.18. The first-order valence-corrected chi connectivity index (χ1v) is 8.30. The Bertz CT molecular complexity index is 774. The average molecular weight is 415 g/mol. The molecular formula is C13H18N3NaO9S. The van der Waals surface area contributed by atoms with Gasteiger partial charge in [-0.3, -0.25) is 9.35 Å². The van der Waals surface area contributed by atoms with E-state index in [1.54, 1.807) is 30.3 Å². The Hall–Kier alpha value is -1.90. The molecule has 1 aromatic carbocycles. The molecule has 1 aliphatic heterocycles. The second kappa shape index (κ2) is 10.4. The van der Waals surface area contributed by atoms with Crippen molar-refractivity contribution in [1.29, 1.82) is 0 Å². The van der Waals surface area contributed by atoms with Crippen molar-refractivity contribution in [3.8, 4) is 0 Å². The molecule has 0 bridgehead atoms. The van der Waals surface area contributed by atoms with Crippen molar-refractivity contribution in [3.63, 3.8) is 0 Å². The molecule has 1 aromatic rings. The van der Waals surface area contributed by atoms with Crippen LogP contribution in [0, 0.1) is 0 Å². The van der Waals surface area contributed by atoms with Crippen molar-refractivity contribution in [2.45, 2.75) is 18.7 Å². The molecular weight excluding hydrogens is 397 g/mol. The van der Waals surface area contributed by atoms with Crippen LogP contribution >= 0.6 is 0 Å². The summed E-state index contributed by atoms with van der Waals surface area (Å²) in [5.41, 5.74) is 5.48. The van der Waals surface area contributed by atoms with E-state index < -0.39 is 47.1 Å². The normalized spacial score (nSPS) is 18.3. The molecule has 0 spiro atoms. The molecule has 12 nitrogen and oxygen atoms in total. The number of nitrogens with zero attached hydrogens (tertiary/aromatic N) is 1. The number of alkyl carbamates (subject to hydrolysis) is 1. The first-order valence-electron chi connectivity index (χ1n) is 6.90. The average Bonchev–Trinajstić information content (AvgIpc) is 2.53. The number of hydrogen-bond acceptors (Lipinski definition) is 7.